The van der Waals surface area contributed by atoms with Gasteiger partial charge in [-0.15, -0.1) is 0 Å². The summed E-state index contributed by atoms with van der Waals surface area (Å²) in [5, 5.41) is 5.39. The van der Waals surface area contributed by atoms with E-state index < -0.39 is 10.0 Å². The quantitative estimate of drug-likeness (QED) is 0.699. The zero-order valence-electron chi connectivity index (χ0n) is 8.67. The summed E-state index contributed by atoms with van der Waals surface area (Å²) in [5.74, 6) is 0. The number of hydrogen-bond donors (Lipinski definition) is 2. The molecule has 0 fully saturated rings. The molecule has 0 aliphatic heterocycles. The number of H-pyrrole nitrogens is 1. The zero-order chi connectivity index (χ0) is 12.2. The molecule has 86 valence electrons. The van der Waals surface area contributed by atoms with Crippen LogP contribution in [0.25, 0.3) is 10.9 Å². The standard InChI is InChI=1S/C9H7NO.CH5NO2S/c11-9-6-5-7-3-1-2-4-8(7)10-9;1-5(2,3)4/h1-6H,(H,10,11);1H3,(H2,2,3,4). The van der Waals surface area contributed by atoms with Crippen molar-refractivity contribution in [2.45, 2.75) is 0 Å². The molecule has 2 aromatic rings. The van der Waals surface area contributed by atoms with Crippen LogP contribution in [-0.2, 0) is 10.0 Å². The Morgan fingerprint density at radius 3 is 2.31 bits per heavy atom. The Morgan fingerprint density at radius 2 is 1.69 bits per heavy atom. The lowest BCUT2D eigenvalue weighted by molar-refractivity contribution is 0.603. The molecule has 0 amide bonds. The van der Waals surface area contributed by atoms with Crippen LogP contribution in [0.1, 0.15) is 0 Å². The van der Waals surface area contributed by atoms with Crippen molar-refractivity contribution in [2.24, 2.45) is 5.14 Å². The summed E-state index contributed by atoms with van der Waals surface area (Å²) in [7, 11) is -3.17. The summed E-state index contributed by atoms with van der Waals surface area (Å²) in [4.78, 5) is 13.6. The van der Waals surface area contributed by atoms with Crippen LogP contribution in [0.5, 0.6) is 0 Å². The average Bonchev–Trinajstić information content (AvgIpc) is 2.15. The largest absolute Gasteiger partial charge is 0.322 e. The molecule has 6 heteroatoms. The minimum Gasteiger partial charge on any atom is -0.322 e. The van der Waals surface area contributed by atoms with Gasteiger partial charge in [0.1, 0.15) is 0 Å². The number of hydrogen-bond acceptors (Lipinski definition) is 3. The Kier molecular flexibility index (Phi) is 3.81. The van der Waals surface area contributed by atoms with Crippen molar-refractivity contribution in [3.63, 3.8) is 0 Å². The topological polar surface area (TPSA) is 93.0 Å². The second-order valence-corrected chi connectivity index (χ2v) is 4.90. The van der Waals surface area contributed by atoms with E-state index in [0.29, 0.717) is 0 Å². The third-order valence-electron chi connectivity index (χ3n) is 1.63. The molecule has 3 N–H and O–H groups in total. The molecular formula is C10H12N2O3S. The monoisotopic (exact) mass is 240 g/mol. The molecule has 5 nitrogen and oxygen atoms in total. The van der Waals surface area contributed by atoms with E-state index in [-0.39, 0.29) is 5.56 Å². The van der Waals surface area contributed by atoms with Crippen LogP contribution in [0.4, 0.5) is 0 Å². The molecule has 0 aliphatic rings. The van der Waals surface area contributed by atoms with E-state index in [2.05, 4.69) is 10.1 Å². The Bertz CT molecular complexity index is 624. The first-order valence-electron chi connectivity index (χ1n) is 4.42. The Hall–Kier alpha value is -1.66. The summed E-state index contributed by atoms with van der Waals surface area (Å²) >= 11 is 0. The second kappa shape index (κ2) is 4.91. The van der Waals surface area contributed by atoms with Gasteiger partial charge in [-0.1, -0.05) is 18.2 Å². The summed E-state index contributed by atoms with van der Waals surface area (Å²) in [6.07, 6.45) is 0.938. The van der Waals surface area contributed by atoms with Crippen molar-refractivity contribution in [1.29, 1.82) is 0 Å². The van der Waals surface area contributed by atoms with Crippen molar-refractivity contribution in [1.82, 2.24) is 4.98 Å². The summed E-state index contributed by atoms with van der Waals surface area (Å²) in [5.41, 5.74) is 0.837. The molecule has 0 atom stereocenters. The lowest BCUT2D eigenvalue weighted by Gasteiger charge is -1.93. The summed E-state index contributed by atoms with van der Waals surface area (Å²) < 4.78 is 18.8. The molecule has 16 heavy (non-hydrogen) atoms. The predicted octanol–water partition coefficient (Wildman–Crippen LogP) is 0.433. The highest BCUT2D eigenvalue weighted by Gasteiger charge is 1.89. The van der Waals surface area contributed by atoms with Crippen LogP contribution in [0.2, 0.25) is 0 Å². The van der Waals surface area contributed by atoms with Crippen LogP contribution < -0.4 is 10.7 Å². The number of nitrogens with two attached hydrogens (primary N) is 1. The van der Waals surface area contributed by atoms with E-state index in [1.165, 1.54) is 6.07 Å². The number of para-hydroxylation sites is 1. The van der Waals surface area contributed by atoms with E-state index in [9.17, 15) is 13.2 Å². The fraction of sp³-hybridized carbons (Fsp3) is 0.100. The molecule has 0 spiro atoms. The summed E-state index contributed by atoms with van der Waals surface area (Å²) in [6, 6.07) is 11.0. The Morgan fingerprint density at radius 1 is 1.12 bits per heavy atom. The normalized spacial score (nSPS) is 10.6. The zero-order valence-corrected chi connectivity index (χ0v) is 9.49. The first-order chi connectivity index (χ1) is 7.36. The van der Waals surface area contributed by atoms with E-state index in [1.54, 1.807) is 0 Å². The molecule has 1 aromatic heterocycles. The molecular weight excluding hydrogens is 228 g/mol. The number of fused-ring (bicyclic) bond motifs is 1. The van der Waals surface area contributed by atoms with Gasteiger partial charge < -0.3 is 4.98 Å². The van der Waals surface area contributed by atoms with Gasteiger partial charge in [0, 0.05) is 11.6 Å². The average molecular weight is 240 g/mol. The van der Waals surface area contributed by atoms with E-state index in [1.807, 2.05) is 30.3 Å². The predicted molar refractivity (Wildman–Crippen MR) is 63.6 cm³/mol. The number of pyridine rings is 1. The maximum Gasteiger partial charge on any atom is 0.248 e. The minimum atomic E-state index is -3.17. The number of rotatable bonds is 0. The van der Waals surface area contributed by atoms with Crippen molar-refractivity contribution >= 4 is 20.9 Å². The number of sulfonamides is 1. The smallest absolute Gasteiger partial charge is 0.248 e. The number of aromatic nitrogens is 1. The van der Waals surface area contributed by atoms with Gasteiger partial charge in [-0.25, -0.2) is 13.6 Å². The van der Waals surface area contributed by atoms with Crippen molar-refractivity contribution < 1.29 is 8.42 Å². The van der Waals surface area contributed by atoms with Crippen LogP contribution in [0.3, 0.4) is 0 Å². The van der Waals surface area contributed by atoms with Crippen molar-refractivity contribution in [3.8, 4) is 0 Å². The van der Waals surface area contributed by atoms with Gasteiger partial charge >= 0.3 is 0 Å². The first-order valence-corrected chi connectivity index (χ1v) is 6.37. The molecule has 0 unspecified atom stereocenters. The van der Waals surface area contributed by atoms with Gasteiger partial charge in [-0.3, -0.25) is 4.79 Å². The fourth-order valence-corrected chi connectivity index (χ4v) is 1.10. The maximum atomic E-state index is 10.8. The molecule has 0 saturated carbocycles. The maximum absolute atomic E-state index is 10.8. The lowest BCUT2D eigenvalue weighted by Crippen LogP contribution is -2.07. The van der Waals surface area contributed by atoms with Crippen molar-refractivity contribution in [2.75, 3.05) is 6.26 Å². The number of nitrogens with one attached hydrogen (secondary N) is 1. The fourth-order valence-electron chi connectivity index (χ4n) is 1.10. The Labute approximate surface area is 93.0 Å². The van der Waals surface area contributed by atoms with Crippen LogP contribution >= 0.6 is 0 Å². The Balaban J connectivity index is 0.000000221. The van der Waals surface area contributed by atoms with Crippen LogP contribution in [-0.4, -0.2) is 19.7 Å². The molecule has 0 aliphatic carbocycles. The van der Waals surface area contributed by atoms with E-state index in [4.69, 9.17) is 0 Å². The third kappa shape index (κ3) is 4.72. The highest BCUT2D eigenvalue weighted by atomic mass is 32.2. The molecule has 0 bridgehead atoms. The highest BCUT2D eigenvalue weighted by molar-refractivity contribution is 7.88. The molecule has 2 rings (SSSR count). The molecule has 0 saturated heterocycles. The van der Waals surface area contributed by atoms with Gasteiger partial charge in [-0.05, 0) is 17.5 Å². The van der Waals surface area contributed by atoms with Crippen LogP contribution in [0, 0.1) is 0 Å². The van der Waals surface area contributed by atoms with Gasteiger partial charge in [0.25, 0.3) is 0 Å². The van der Waals surface area contributed by atoms with Gasteiger partial charge in [0.05, 0.1) is 6.26 Å². The molecule has 1 heterocycles. The second-order valence-electron chi connectivity index (χ2n) is 3.24. The summed E-state index contributed by atoms with van der Waals surface area (Å²) in [6.45, 7) is 0. The molecule has 1 aromatic carbocycles. The third-order valence-corrected chi connectivity index (χ3v) is 1.63. The van der Waals surface area contributed by atoms with Crippen LogP contribution in [0.15, 0.2) is 41.2 Å². The van der Waals surface area contributed by atoms with E-state index >= 15 is 0 Å². The number of benzene rings is 1. The molecule has 0 radical (unpaired) electrons. The SMILES string of the molecule is CS(N)(=O)=O.O=c1ccc2ccccc2[nH]1. The van der Waals surface area contributed by atoms with Gasteiger partial charge in [-0.2, -0.15) is 0 Å². The van der Waals surface area contributed by atoms with Gasteiger partial charge in [0.15, 0.2) is 0 Å². The number of aromatic amines is 1. The van der Waals surface area contributed by atoms with E-state index in [0.717, 1.165) is 17.2 Å². The van der Waals surface area contributed by atoms with Crippen molar-refractivity contribution in [3.05, 3.63) is 46.8 Å². The lowest BCUT2D eigenvalue weighted by atomic mass is 10.2. The first kappa shape index (κ1) is 12.4. The van der Waals surface area contributed by atoms with Gasteiger partial charge in [0.2, 0.25) is 15.6 Å². The minimum absolute atomic E-state index is 0.0521. The highest BCUT2D eigenvalue weighted by Crippen LogP contribution is 2.06. The number of primary sulfonamides is 1.